The third kappa shape index (κ3) is 2.86. The molecule has 0 N–H and O–H groups in total. The van der Waals surface area contributed by atoms with Gasteiger partial charge in [-0.25, -0.2) is 4.57 Å². The fraction of sp³-hybridized carbons (Fsp3) is 0.375. The average Bonchev–Trinajstić information content (AvgIpc) is 3.12. The van der Waals surface area contributed by atoms with E-state index in [1.807, 2.05) is 0 Å². The van der Waals surface area contributed by atoms with Crippen LogP contribution < -0.4 is 4.57 Å². The van der Waals surface area contributed by atoms with E-state index < -0.39 is 0 Å². The Hall–Kier alpha value is -2.15. The van der Waals surface area contributed by atoms with Crippen LogP contribution in [0.5, 0.6) is 0 Å². The van der Waals surface area contributed by atoms with Crippen molar-refractivity contribution in [3.8, 4) is 11.3 Å². The minimum Gasteiger partial charge on any atom is -0.200 e. The largest absolute Gasteiger partial charge is 0.220 e. The molecule has 1 aliphatic rings. The zero-order chi connectivity index (χ0) is 17.6. The van der Waals surface area contributed by atoms with Gasteiger partial charge < -0.3 is 0 Å². The van der Waals surface area contributed by atoms with Crippen molar-refractivity contribution in [3.63, 3.8) is 0 Å². The van der Waals surface area contributed by atoms with Crippen LogP contribution in [0.4, 0.5) is 0 Å². The van der Waals surface area contributed by atoms with Gasteiger partial charge in [-0.15, -0.1) is 0 Å². The van der Waals surface area contributed by atoms with Crippen LogP contribution in [0, 0.1) is 20.8 Å². The maximum absolute atomic E-state index is 2.47. The highest BCUT2D eigenvalue weighted by Crippen LogP contribution is 2.37. The number of rotatable bonds is 2. The van der Waals surface area contributed by atoms with Crippen molar-refractivity contribution in [2.75, 3.05) is 0 Å². The Bertz CT molecular complexity index is 946. The summed E-state index contributed by atoms with van der Waals surface area (Å²) < 4.78 is 2.30. The first-order valence-electron chi connectivity index (χ1n) is 9.55. The molecule has 0 atom stereocenters. The number of hydrogen-bond donors (Lipinski definition) is 0. The molecular weight excluding hydrogens is 302 g/mol. The van der Waals surface area contributed by atoms with E-state index in [2.05, 4.69) is 75.0 Å². The van der Waals surface area contributed by atoms with Crippen molar-refractivity contribution in [1.29, 1.82) is 0 Å². The maximum Gasteiger partial charge on any atom is 0.220 e. The van der Waals surface area contributed by atoms with E-state index in [9.17, 15) is 0 Å². The minimum atomic E-state index is 0.766. The number of nitrogens with zero attached hydrogens (tertiary/aromatic N) is 1. The topological polar surface area (TPSA) is 3.88 Å². The molecule has 1 aliphatic carbocycles. The van der Waals surface area contributed by atoms with E-state index in [1.54, 1.807) is 0 Å². The molecule has 1 aromatic heterocycles. The van der Waals surface area contributed by atoms with Crippen LogP contribution in [0.3, 0.4) is 0 Å². The lowest BCUT2D eigenvalue weighted by molar-refractivity contribution is -0.659. The Balaban J connectivity index is 1.96. The Morgan fingerprint density at radius 2 is 1.60 bits per heavy atom. The number of hydrogen-bond acceptors (Lipinski definition) is 0. The van der Waals surface area contributed by atoms with Gasteiger partial charge in [0.15, 0.2) is 6.20 Å². The van der Waals surface area contributed by atoms with Gasteiger partial charge in [0, 0.05) is 11.1 Å². The summed E-state index contributed by atoms with van der Waals surface area (Å²) in [5.41, 5.74) is 8.24. The van der Waals surface area contributed by atoms with Crippen LogP contribution in [-0.2, 0) is 7.05 Å². The van der Waals surface area contributed by atoms with E-state index in [-0.39, 0.29) is 0 Å². The van der Waals surface area contributed by atoms with Crippen molar-refractivity contribution >= 4 is 10.8 Å². The lowest BCUT2D eigenvalue weighted by Gasteiger charge is -2.14. The predicted octanol–water partition coefficient (Wildman–Crippen LogP) is 5.91. The van der Waals surface area contributed by atoms with Gasteiger partial charge in [-0.1, -0.05) is 42.7 Å². The molecule has 0 amide bonds. The molecule has 0 aliphatic heterocycles. The Morgan fingerprint density at radius 1 is 0.840 bits per heavy atom. The first-order valence-corrected chi connectivity index (χ1v) is 9.55. The van der Waals surface area contributed by atoms with Gasteiger partial charge >= 0.3 is 0 Å². The number of fused-ring (bicyclic) bond motifs is 1. The van der Waals surface area contributed by atoms with Gasteiger partial charge in [0.05, 0.1) is 5.39 Å². The normalized spacial score (nSPS) is 15.2. The summed E-state index contributed by atoms with van der Waals surface area (Å²) in [4.78, 5) is 0. The monoisotopic (exact) mass is 330 g/mol. The van der Waals surface area contributed by atoms with Crippen LogP contribution in [-0.4, -0.2) is 0 Å². The van der Waals surface area contributed by atoms with E-state index in [4.69, 9.17) is 0 Å². The second-order valence-corrected chi connectivity index (χ2v) is 7.88. The Labute approximate surface area is 151 Å². The quantitative estimate of drug-likeness (QED) is 0.514. The smallest absolute Gasteiger partial charge is 0.200 e. The lowest BCUT2D eigenvalue weighted by atomic mass is 9.91. The summed E-state index contributed by atoms with van der Waals surface area (Å²) in [6, 6.07) is 14.0. The van der Waals surface area contributed by atoms with Gasteiger partial charge in [-0.2, -0.15) is 0 Å². The lowest BCUT2D eigenvalue weighted by Crippen LogP contribution is -2.31. The standard InChI is InChI=1S/C24H28N/c1-16-9-10-17(2)23(13-16)24-21-12-11-20(19-7-5-6-8-19)14-22(21)18(3)15-25(24)4/h9-15,19H,5-8H2,1-4H3/q+1. The summed E-state index contributed by atoms with van der Waals surface area (Å²) in [7, 11) is 2.18. The van der Waals surface area contributed by atoms with Crippen LogP contribution in [0.15, 0.2) is 42.6 Å². The molecule has 1 nitrogen and oxygen atoms in total. The molecule has 1 heterocycles. The maximum atomic E-state index is 2.47. The Kier molecular flexibility index (Phi) is 4.11. The molecule has 25 heavy (non-hydrogen) atoms. The highest BCUT2D eigenvalue weighted by Gasteiger charge is 2.22. The van der Waals surface area contributed by atoms with Crippen molar-refractivity contribution in [2.45, 2.75) is 52.4 Å². The Morgan fingerprint density at radius 3 is 2.36 bits per heavy atom. The second kappa shape index (κ2) is 6.29. The van der Waals surface area contributed by atoms with Gasteiger partial charge in [0.25, 0.3) is 0 Å². The van der Waals surface area contributed by atoms with E-state index in [1.165, 1.54) is 70.0 Å². The van der Waals surface area contributed by atoms with E-state index >= 15 is 0 Å². The third-order valence-corrected chi connectivity index (χ3v) is 5.94. The zero-order valence-electron chi connectivity index (χ0n) is 15.9. The van der Waals surface area contributed by atoms with Gasteiger partial charge in [0.1, 0.15) is 7.05 Å². The molecule has 0 unspecified atom stereocenters. The van der Waals surface area contributed by atoms with Gasteiger partial charge in [-0.05, 0) is 68.2 Å². The molecule has 128 valence electrons. The molecule has 1 fully saturated rings. The third-order valence-electron chi connectivity index (χ3n) is 5.94. The van der Waals surface area contributed by atoms with Crippen molar-refractivity contribution < 1.29 is 4.57 Å². The molecule has 0 radical (unpaired) electrons. The highest BCUT2D eigenvalue weighted by atomic mass is 14.9. The fourth-order valence-electron chi connectivity index (χ4n) is 4.55. The van der Waals surface area contributed by atoms with Crippen molar-refractivity contribution in [2.24, 2.45) is 7.05 Å². The second-order valence-electron chi connectivity index (χ2n) is 7.88. The van der Waals surface area contributed by atoms with Crippen LogP contribution in [0.25, 0.3) is 22.0 Å². The summed E-state index contributed by atoms with van der Waals surface area (Å²) in [5, 5.41) is 2.79. The summed E-state index contributed by atoms with van der Waals surface area (Å²) in [6.45, 7) is 6.64. The van der Waals surface area contributed by atoms with Crippen LogP contribution in [0.2, 0.25) is 0 Å². The van der Waals surface area contributed by atoms with Crippen molar-refractivity contribution in [1.82, 2.24) is 0 Å². The highest BCUT2D eigenvalue weighted by molar-refractivity contribution is 5.95. The molecule has 1 saturated carbocycles. The number of pyridine rings is 1. The first-order chi connectivity index (χ1) is 12.0. The SMILES string of the molecule is Cc1ccc(C)c(-c2c3ccc(C4CCCC4)cc3c(C)c[n+]2C)c1. The summed E-state index contributed by atoms with van der Waals surface area (Å²) in [5.74, 6) is 0.766. The average molecular weight is 330 g/mol. The first kappa shape index (κ1) is 16.3. The van der Waals surface area contributed by atoms with Crippen molar-refractivity contribution in [3.05, 3.63) is 64.8 Å². The predicted molar refractivity (Wildman–Crippen MR) is 106 cm³/mol. The number of aromatic nitrogens is 1. The fourth-order valence-corrected chi connectivity index (χ4v) is 4.55. The minimum absolute atomic E-state index is 0.766. The number of benzene rings is 2. The summed E-state index contributed by atoms with van der Waals surface area (Å²) >= 11 is 0. The zero-order valence-corrected chi connectivity index (χ0v) is 15.9. The molecule has 1 heteroatoms. The molecule has 0 saturated heterocycles. The van der Waals surface area contributed by atoms with Gasteiger partial charge in [-0.3, -0.25) is 0 Å². The van der Waals surface area contributed by atoms with Crippen LogP contribution in [0.1, 0.15) is 53.9 Å². The molecule has 2 aromatic carbocycles. The molecule has 0 bridgehead atoms. The van der Waals surface area contributed by atoms with E-state index in [0.717, 1.165) is 5.92 Å². The molecular formula is C24H28N+. The molecule has 3 aromatic rings. The number of aryl methyl sites for hydroxylation is 4. The van der Waals surface area contributed by atoms with E-state index in [0.29, 0.717) is 0 Å². The molecule has 0 spiro atoms. The van der Waals surface area contributed by atoms with Crippen LogP contribution >= 0.6 is 0 Å². The summed E-state index contributed by atoms with van der Waals surface area (Å²) in [6.07, 6.45) is 7.78. The van der Waals surface area contributed by atoms with Gasteiger partial charge in [0.2, 0.25) is 5.69 Å². The molecule has 4 rings (SSSR count).